The molecular weight excluding hydrogens is 180 g/mol. The third-order valence-corrected chi connectivity index (χ3v) is 3.41. The van der Waals surface area contributed by atoms with E-state index in [2.05, 4.69) is 24.1 Å². The largest absolute Gasteiger partial charge is 0.317 e. The molecule has 0 saturated carbocycles. The third-order valence-electron chi connectivity index (χ3n) is 2.61. The van der Waals surface area contributed by atoms with Crippen LogP contribution in [-0.2, 0) is 6.42 Å². The molecule has 3 heteroatoms. The molecule has 1 aromatic heterocycles. The molecule has 1 rings (SSSR count). The summed E-state index contributed by atoms with van der Waals surface area (Å²) >= 11 is 1.76. The molecule has 0 aromatic carbocycles. The average Bonchev–Trinajstić information content (AvgIpc) is 2.65. The predicted molar refractivity (Wildman–Crippen MR) is 58.1 cm³/mol. The molecule has 0 saturated heterocycles. The predicted octanol–water partition coefficient (Wildman–Crippen LogP) is 2.32. The Bertz CT molecular complexity index is 221. The minimum Gasteiger partial charge on any atom is -0.317 e. The van der Waals surface area contributed by atoms with Gasteiger partial charge in [0, 0.05) is 24.0 Å². The van der Waals surface area contributed by atoms with E-state index < -0.39 is 0 Å². The van der Waals surface area contributed by atoms with Gasteiger partial charge in [-0.15, -0.1) is 11.3 Å². The van der Waals surface area contributed by atoms with Gasteiger partial charge in [0.15, 0.2) is 0 Å². The van der Waals surface area contributed by atoms with E-state index in [1.165, 1.54) is 11.4 Å². The smallest absolute Gasteiger partial charge is 0.0928 e. The zero-order valence-corrected chi connectivity index (χ0v) is 9.40. The zero-order valence-electron chi connectivity index (χ0n) is 8.58. The number of thiazole rings is 1. The van der Waals surface area contributed by atoms with Crippen molar-refractivity contribution in [2.45, 2.75) is 32.7 Å². The van der Waals surface area contributed by atoms with Gasteiger partial charge in [0.05, 0.1) is 5.01 Å². The van der Waals surface area contributed by atoms with Crippen LogP contribution in [0.3, 0.4) is 0 Å². The van der Waals surface area contributed by atoms with E-state index in [4.69, 9.17) is 0 Å². The summed E-state index contributed by atoms with van der Waals surface area (Å²) in [5.74, 6) is 0.705. The van der Waals surface area contributed by atoms with E-state index in [1.54, 1.807) is 11.3 Å². The summed E-state index contributed by atoms with van der Waals surface area (Å²) in [6, 6.07) is 0.578. The van der Waals surface area contributed by atoms with Gasteiger partial charge in [-0.2, -0.15) is 0 Å². The molecule has 0 fully saturated rings. The van der Waals surface area contributed by atoms with Crippen LogP contribution in [0, 0.1) is 5.92 Å². The van der Waals surface area contributed by atoms with E-state index in [0.29, 0.717) is 12.0 Å². The second kappa shape index (κ2) is 5.35. The molecule has 0 spiro atoms. The van der Waals surface area contributed by atoms with E-state index in [1.807, 2.05) is 18.6 Å². The Hall–Kier alpha value is -0.410. The standard InChI is InChI=1S/C10H18N2S/c1-4-9(8(2)11-3)7-10-12-5-6-13-10/h5-6,8-9,11H,4,7H2,1-3H3. The van der Waals surface area contributed by atoms with Crippen LogP contribution < -0.4 is 5.32 Å². The fourth-order valence-electron chi connectivity index (χ4n) is 1.49. The summed E-state index contributed by atoms with van der Waals surface area (Å²) in [6.45, 7) is 4.48. The van der Waals surface area contributed by atoms with Crippen LogP contribution in [0.2, 0.25) is 0 Å². The highest BCUT2D eigenvalue weighted by molar-refractivity contribution is 7.09. The van der Waals surface area contributed by atoms with Gasteiger partial charge in [0.1, 0.15) is 0 Å². The average molecular weight is 198 g/mol. The molecule has 0 amide bonds. The third kappa shape index (κ3) is 3.08. The van der Waals surface area contributed by atoms with Gasteiger partial charge in [-0.25, -0.2) is 4.98 Å². The highest BCUT2D eigenvalue weighted by Crippen LogP contribution is 2.17. The molecule has 0 aliphatic rings. The maximum atomic E-state index is 4.31. The molecule has 1 aromatic rings. The summed E-state index contributed by atoms with van der Waals surface area (Å²) in [6.07, 6.45) is 4.20. The number of nitrogens with one attached hydrogen (secondary N) is 1. The van der Waals surface area contributed by atoms with Gasteiger partial charge in [-0.1, -0.05) is 13.3 Å². The first-order valence-electron chi connectivity index (χ1n) is 4.83. The van der Waals surface area contributed by atoms with Crippen LogP contribution in [0.15, 0.2) is 11.6 Å². The molecule has 0 aliphatic carbocycles. The lowest BCUT2D eigenvalue weighted by Crippen LogP contribution is -2.31. The van der Waals surface area contributed by atoms with Gasteiger partial charge >= 0.3 is 0 Å². The zero-order chi connectivity index (χ0) is 9.68. The van der Waals surface area contributed by atoms with Crippen molar-refractivity contribution < 1.29 is 0 Å². The van der Waals surface area contributed by atoms with Crippen LogP contribution >= 0.6 is 11.3 Å². The first-order valence-corrected chi connectivity index (χ1v) is 5.71. The molecule has 1 heterocycles. The fourth-order valence-corrected chi connectivity index (χ4v) is 2.20. The number of rotatable bonds is 5. The van der Waals surface area contributed by atoms with E-state index in [-0.39, 0.29) is 0 Å². The number of hydrogen-bond acceptors (Lipinski definition) is 3. The molecule has 2 nitrogen and oxygen atoms in total. The van der Waals surface area contributed by atoms with Crippen LogP contribution in [0.5, 0.6) is 0 Å². The van der Waals surface area contributed by atoms with Crippen molar-refractivity contribution in [1.29, 1.82) is 0 Å². The summed E-state index contributed by atoms with van der Waals surface area (Å²) in [7, 11) is 2.02. The minimum absolute atomic E-state index is 0.578. The monoisotopic (exact) mass is 198 g/mol. The number of nitrogens with zero attached hydrogens (tertiary/aromatic N) is 1. The molecule has 0 aliphatic heterocycles. The van der Waals surface area contributed by atoms with Gasteiger partial charge in [0.25, 0.3) is 0 Å². The Morgan fingerprint density at radius 3 is 2.85 bits per heavy atom. The Labute approximate surface area is 84.4 Å². The normalized spacial score (nSPS) is 15.6. The Kier molecular flexibility index (Phi) is 4.39. The van der Waals surface area contributed by atoms with Gasteiger partial charge in [0.2, 0.25) is 0 Å². The Morgan fingerprint density at radius 1 is 1.62 bits per heavy atom. The fraction of sp³-hybridized carbons (Fsp3) is 0.700. The first-order chi connectivity index (χ1) is 6.27. The second-order valence-corrected chi connectivity index (χ2v) is 4.35. The van der Waals surface area contributed by atoms with Gasteiger partial charge < -0.3 is 5.32 Å². The SMILES string of the molecule is CCC(Cc1nccs1)C(C)NC. The molecule has 1 N–H and O–H groups in total. The van der Waals surface area contributed by atoms with Crippen molar-refractivity contribution in [2.24, 2.45) is 5.92 Å². The van der Waals surface area contributed by atoms with E-state index in [9.17, 15) is 0 Å². The number of aromatic nitrogens is 1. The maximum Gasteiger partial charge on any atom is 0.0928 e. The summed E-state index contributed by atoms with van der Waals surface area (Å²) in [5.41, 5.74) is 0. The Morgan fingerprint density at radius 2 is 2.38 bits per heavy atom. The van der Waals surface area contributed by atoms with Crippen molar-refractivity contribution in [2.75, 3.05) is 7.05 Å². The first kappa shape index (κ1) is 10.7. The van der Waals surface area contributed by atoms with Crippen LogP contribution in [0.25, 0.3) is 0 Å². The summed E-state index contributed by atoms with van der Waals surface area (Å²) in [4.78, 5) is 4.31. The van der Waals surface area contributed by atoms with Crippen molar-refractivity contribution >= 4 is 11.3 Å². The highest BCUT2D eigenvalue weighted by Gasteiger charge is 2.14. The number of hydrogen-bond donors (Lipinski definition) is 1. The van der Waals surface area contributed by atoms with Crippen molar-refractivity contribution in [3.63, 3.8) is 0 Å². The molecule has 0 bridgehead atoms. The lowest BCUT2D eigenvalue weighted by Gasteiger charge is -2.20. The van der Waals surface area contributed by atoms with Crippen molar-refractivity contribution in [3.05, 3.63) is 16.6 Å². The minimum atomic E-state index is 0.578. The van der Waals surface area contributed by atoms with Crippen LogP contribution in [0.1, 0.15) is 25.3 Å². The van der Waals surface area contributed by atoms with Gasteiger partial charge in [-0.3, -0.25) is 0 Å². The molecule has 2 unspecified atom stereocenters. The lowest BCUT2D eigenvalue weighted by molar-refractivity contribution is 0.381. The van der Waals surface area contributed by atoms with Crippen LogP contribution in [0.4, 0.5) is 0 Å². The van der Waals surface area contributed by atoms with Crippen LogP contribution in [-0.4, -0.2) is 18.1 Å². The second-order valence-electron chi connectivity index (χ2n) is 3.38. The quantitative estimate of drug-likeness (QED) is 0.785. The highest BCUT2D eigenvalue weighted by atomic mass is 32.1. The van der Waals surface area contributed by atoms with E-state index in [0.717, 1.165) is 6.42 Å². The lowest BCUT2D eigenvalue weighted by atomic mass is 9.95. The molecular formula is C10H18N2S. The molecule has 2 atom stereocenters. The van der Waals surface area contributed by atoms with Gasteiger partial charge in [-0.05, 0) is 19.9 Å². The van der Waals surface area contributed by atoms with Crippen molar-refractivity contribution in [3.8, 4) is 0 Å². The summed E-state index contributed by atoms with van der Waals surface area (Å²) < 4.78 is 0. The maximum absolute atomic E-state index is 4.31. The summed E-state index contributed by atoms with van der Waals surface area (Å²) in [5, 5.41) is 6.61. The van der Waals surface area contributed by atoms with E-state index >= 15 is 0 Å². The van der Waals surface area contributed by atoms with Crippen molar-refractivity contribution in [1.82, 2.24) is 10.3 Å². The topological polar surface area (TPSA) is 24.9 Å². The Balaban J connectivity index is 2.49. The molecule has 0 radical (unpaired) electrons. The molecule has 13 heavy (non-hydrogen) atoms. The molecule has 74 valence electrons.